The van der Waals surface area contributed by atoms with Crippen molar-refractivity contribution < 1.29 is 13.5 Å². The molecule has 0 aliphatic heterocycles. The summed E-state index contributed by atoms with van der Waals surface area (Å²) in [7, 11) is 0. The number of allylic oxidation sites excluding steroid dienone is 3. The third-order valence-corrected chi connectivity index (χ3v) is 7.55. The topological polar surface area (TPSA) is 9.23 Å². The zero-order valence-corrected chi connectivity index (χ0v) is 18.3. The Morgan fingerprint density at radius 2 is 1.77 bits per heavy atom. The van der Waals surface area contributed by atoms with Gasteiger partial charge in [0.05, 0.1) is 0 Å². The molecule has 0 aromatic heterocycles. The lowest BCUT2D eigenvalue weighted by molar-refractivity contribution is 0.206. The molecule has 0 saturated heterocycles. The average Bonchev–Trinajstić information content (AvgIpc) is 3.60. The molecule has 3 aliphatic carbocycles. The van der Waals surface area contributed by atoms with Gasteiger partial charge in [0.1, 0.15) is 6.61 Å². The molecule has 30 heavy (non-hydrogen) atoms. The lowest BCUT2D eigenvalue weighted by Crippen LogP contribution is -2.23. The van der Waals surface area contributed by atoms with E-state index in [9.17, 15) is 8.78 Å². The van der Waals surface area contributed by atoms with E-state index in [-0.39, 0.29) is 5.75 Å². The van der Waals surface area contributed by atoms with Crippen LogP contribution in [0, 0.1) is 35.3 Å². The third kappa shape index (κ3) is 5.53. The van der Waals surface area contributed by atoms with Crippen molar-refractivity contribution in [2.75, 3.05) is 6.61 Å². The van der Waals surface area contributed by atoms with Crippen molar-refractivity contribution in [3.8, 4) is 5.75 Å². The highest BCUT2D eigenvalue weighted by molar-refractivity contribution is 5.31. The quantitative estimate of drug-likeness (QED) is 0.394. The van der Waals surface area contributed by atoms with Crippen LogP contribution in [0.15, 0.2) is 35.9 Å². The molecule has 0 radical (unpaired) electrons. The van der Waals surface area contributed by atoms with Gasteiger partial charge in [-0.1, -0.05) is 37.1 Å². The van der Waals surface area contributed by atoms with Gasteiger partial charge in [0.25, 0.3) is 0 Å². The second-order valence-electron chi connectivity index (χ2n) is 9.72. The van der Waals surface area contributed by atoms with Gasteiger partial charge in [-0.15, -0.1) is 0 Å². The molecule has 164 valence electrons. The first-order valence-electron chi connectivity index (χ1n) is 12.0. The number of benzene rings is 1. The lowest BCUT2D eigenvalue weighted by atomic mass is 9.71. The minimum atomic E-state index is -0.824. The van der Waals surface area contributed by atoms with Gasteiger partial charge in [-0.3, -0.25) is 0 Å². The predicted molar refractivity (Wildman–Crippen MR) is 119 cm³/mol. The van der Waals surface area contributed by atoms with Gasteiger partial charge in [-0.05, 0) is 106 Å². The highest BCUT2D eigenvalue weighted by atomic mass is 19.2. The summed E-state index contributed by atoms with van der Waals surface area (Å²) < 4.78 is 34.5. The van der Waals surface area contributed by atoms with E-state index in [4.69, 9.17) is 4.74 Å². The molecule has 1 nitrogen and oxygen atoms in total. The van der Waals surface area contributed by atoms with Crippen LogP contribution in [-0.4, -0.2) is 6.61 Å². The standard InChI is InChI=1S/C27H36F2O/c1-2-3-19-6-11-22(12-7-19)23-13-9-21(10-14-23)18-30-25-17-16-24(26(28)27(25)29)15-8-20-4-5-20/h2-3,9,16-17,19-20,22-23H,4-8,10-15,18H2,1H3/b3-2+. The Bertz CT molecular complexity index is 769. The Labute approximate surface area is 180 Å². The summed E-state index contributed by atoms with van der Waals surface area (Å²) in [4.78, 5) is 0. The first-order chi connectivity index (χ1) is 14.6. The number of hydrogen-bond donors (Lipinski definition) is 0. The van der Waals surface area contributed by atoms with Crippen LogP contribution in [0.3, 0.4) is 0 Å². The van der Waals surface area contributed by atoms with Crippen molar-refractivity contribution in [2.24, 2.45) is 23.7 Å². The minimum Gasteiger partial charge on any atom is -0.486 e. The Hall–Kier alpha value is -1.64. The Morgan fingerprint density at radius 1 is 0.967 bits per heavy atom. The van der Waals surface area contributed by atoms with Crippen LogP contribution in [0.4, 0.5) is 8.78 Å². The van der Waals surface area contributed by atoms with Crippen LogP contribution >= 0.6 is 0 Å². The molecule has 0 spiro atoms. The fourth-order valence-corrected chi connectivity index (χ4v) is 5.36. The number of rotatable bonds is 8. The van der Waals surface area contributed by atoms with E-state index in [1.165, 1.54) is 50.5 Å². The van der Waals surface area contributed by atoms with E-state index in [1.807, 2.05) is 0 Å². The summed E-state index contributed by atoms with van der Waals surface area (Å²) in [5.41, 5.74) is 1.71. The molecule has 3 heteroatoms. The van der Waals surface area contributed by atoms with Crippen molar-refractivity contribution in [1.82, 2.24) is 0 Å². The van der Waals surface area contributed by atoms with Crippen molar-refractivity contribution in [2.45, 2.75) is 77.6 Å². The molecular formula is C27H36F2O. The first kappa shape index (κ1) is 21.6. The maximum Gasteiger partial charge on any atom is 0.200 e. The van der Waals surface area contributed by atoms with Gasteiger partial charge >= 0.3 is 0 Å². The average molecular weight is 415 g/mol. The Kier molecular flexibility index (Phi) is 7.28. The number of ether oxygens (including phenoxy) is 1. The van der Waals surface area contributed by atoms with E-state index in [0.29, 0.717) is 24.5 Å². The summed E-state index contributed by atoms with van der Waals surface area (Å²) in [5.74, 6) is 1.63. The molecule has 2 fully saturated rings. The fourth-order valence-electron chi connectivity index (χ4n) is 5.36. The summed E-state index contributed by atoms with van der Waals surface area (Å²) in [6.07, 6.45) is 19.6. The van der Waals surface area contributed by atoms with Crippen molar-refractivity contribution >= 4 is 0 Å². The second kappa shape index (κ2) is 10.1. The molecule has 1 unspecified atom stereocenters. The molecule has 2 saturated carbocycles. The van der Waals surface area contributed by atoms with Crippen LogP contribution in [0.1, 0.15) is 76.7 Å². The Balaban J connectivity index is 1.25. The smallest absolute Gasteiger partial charge is 0.200 e. The monoisotopic (exact) mass is 414 g/mol. The Morgan fingerprint density at radius 3 is 2.43 bits per heavy atom. The van der Waals surface area contributed by atoms with E-state index >= 15 is 0 Å². The van der Waals surface area contributed by atoms with Gasteiger partial charge in [0.2, 0.25) is 5.82 Å². The maximum atomic E-state index is 14.4. The summed E-state index contributed by atoms with van der Waals surface area (Å²) >= 11 is 0. The molecule has 1 aromatic rings. The number of halogens is 2. The zero-order chi connectivity index (χ0) is 20.9. The van der Waals surface area contributed by atoms with E-state index in [1.54, 1.807) is 12.1 Å². The predicted octanol–water partition coefficient (Wildman–Crippen LogP) is 7.80. The van der Waals surface area contributed by atoms with Crippen molar-refractivity contribution in [1.29, 1.82) is 0 Å². The molecule has 1 aromatic carbocycles. The van der Waals surface area contributed by atoms with E-state index < -0.39 is 11.6 Å². The largest absolute Gasteiger partial charge is 0.486 e. The van der Waals surface area contributed by atoms with Crippen LogP contribution in [0.2, 0.25) is 0 Å². The molecule has 0 N–H and O–H groups in total. The molecule has 4 rings (SSSR count). The van der Waals surface area contributed by atoms with Crippen LogP contribution < -0.4 is 4.74 Å². The van der Waals surface area contributed by atoms with E-state index in [0.717, 1.165) is 37.0 Å². The summed E-state index contributed by atoms with van der Waals surface area (Å²) in [5, 5.41) is 0. The minimum absolute atomic E-state index is 0.0491. The lowest BCUT2D eigenvalue weighted by Gasteiger charge is -2.34. The van der Waals surface area contributed by atoms with Crippen LogP contribution in [-0.2, 0) is 6.42 Å². The molecule has 3 aliphatic rings. The summed E-state index contributed by atoms with van der Waals surface area (Å²) in [6.45, 7) is 2.49. The zero-order valence-electron chi connectivity index (χ0n) is 18.3. The summed E-state index contributed by atoms with van der Waals surface area (Å²) in [6, 6.07) is 3.31. The fraction of sp³-hybridized carbons (Fsp3) is 0.630. The maximum absolute atomic E-state index is 14.4. The first-order valence-corrected chi connectivity index (χ1v) is 12.0. The van der Waals surface area contributed by atoms with Gasteiger partial charge < -0.3 is 4.74 Å². The molecule has 1 atom stereocenters. The van der Waals surface area contributed by atoms with Gasteiger partial charge in [0.15, 0.2) is 11.6 Å². The molecular weight excluding hydrogens is 378 g/mol. The molecule has 0 heterocycles. The number of aryl methyl sites for hydroxylation is 1. The van der Waals surface area contributed by atoms with E-state index in [2.05, 4.69) is 25.2 Å². The highest BCUT2D eigenvalue weighted by Crippen LogP contribution is 2.40. The van der Waals surface area contributed by atoms with Gasteiger partial charge in [-0.25, -0.2) is 4.39 Å². The normalized spacial score (nSPS) is 27.3. The third-order valence-electron chi connectivity index (χ3n) is 7.55. The SMILES string of the molecule is C/C=C/C1CCC(C2CC=C(COc3ccc(CCC4CC4)c(F)c3F)CC2)CC1. The van der Waals surface area contributed by atoms with Crippen LogP contribution in [0.25, 0.3) is 0 Å². The molecule has 0 amide bonds. The second-order valence-corrected chi connectivity index (χ2v) is 9.72. The van der Waals surface area contributed by atoms with Crippen LogP contribution in [0.5, 0.6) is 5.75 Å². The van der Waals surface area contributed by atoms with Gasteiger partial charge in [0, 0.05) is 0 Å². The highest BCUT2D eigenvalue weighted by Gasteiger charge is 2.28. The van der Waals surface area contributed by atoms with Gasteiger partial charge in [-0.2, -0.15) is 4.39 Å². The van der Waals surface area contributed by atoms with Crippen molar-refractivity contribution in [3.63, 3.8) is 0 Å². The number of hydrogen-bond acceptors (Lipinski definition) is 1. The molecule has 0 bridgehead atoms. The van der Waals surface area contributed by atoms with Crippen molar-refractivity contribution in [3.05, 3.63) is 53.1 Å².